The Morgan fingerprint density at radius 3 is 2.83 bits per heavy atom. The molecule has 2 heterocycles. The molecule has 0 saturated heterocycles. The number of carbonyl (C=O) groups is 1. The SMILES string of the molecule is Cn1c(C(=O)Nc2nc3ccc(Cl)cc3s2)cc2c(Cl)cccc21. The fourth-order valence-electron chi connectivity index (χ4n) is 2.66. The molecule has 120 valence electrons. The van der Waals surface area contributed by atoms with Crippen molar-refractivity contribution >= 4 is 66.7 Å². The largest absolute Gasteiger partial charge is 0.340 e. The number of hydrogen-bond donors (Lipinski definition) is 1. The Morgan fingerprint density at radius 2 is 2.04 bits per heavy atom. The van der Waals surface area contributed by atoms with E-state index in [4.69, 9.17) is 23.2 Å². The number of carbonyl (C=O) groups excluding carboxylic acids is 1. The first-order valence-corrected chi connectivity index (χ1v) is 8.71. The molecular formula is C17H11Cl2N3OS. The minimum absolute atomic E-state index is 0.227. The highest BCUT2D eigenvalue weighted by atomic mass is 35.5. The minimum atomic E-state index is -0.227. The van der Waals surface area contributed by atoms with Crippen LogP contribution in [-0.2, 0) is 7.05 Å². The minimum Gasteiger partial charge on any atom is -0.340 e. The fraction of sp³-hybridized carbons (Fsp3) is 0.0588. The number of anilines is 1. The van der Waals surface area contributed by atoms with Crippen LogP contribution in [0.3, 0.4) is 0 Å². The van der Waals surface area contributed by atoms with Gasteiger partial charge >= 0.3 is 0 Å². The maximum atomic E-state index is 12.6. The van der Waals surface area contributed by atoms with Crippen LogP contribution < -0.4 is 5.32 Å². The smallest absolute Gasteiger partial charge is 0.274 e. The summed E-state index contributed by atoms with van der Waals surface area (Å²) in [4.78, 5) is 17.0. The van der Waals surface area contributed by atoms with Gasteiger partial charge in [0.2, 0.25) is 0 Å². The van der Waals surface area contributed by atoms with E-state index in [1.807, 2.05) is 41.9 Å². The molecule has 0 aliphatic heterocycles. The van der Waals surface area contributed by atoms with E-state index in [0.717, 1.165) is 21.1 Å². The molecule has 4 rings (SSSR count). The van der Waals surface area contributed by atoms with Crippen molar-refractivity contribution in [3.05, 3.63) is 58.2 Å². The molecule has 2 aromatic carbocycles. The maximum absolute atomic E-state index is 12.6. The second kappa shape index (κ2) is 5.77. The molecule has 0 spiro atoms. The van der Waals surface area contributed by atoms with Gasteiger partial charge in [-0.15, -0.1) is 0 Å². The third-order valence-corrected chi connectivity index (χ3v) is 5.34. The zero-order valence-corrected chi connectivity index (χ0v) is 14.8. The summed E-state index contributed by atoms with van der Waals surface area (Å²) in [6.45, 7) is 0. The number of aromatic nitrogens is 2. The zero-order valence-electron chi connectivity index (χ0n) is 12.5. The van der Waals surface area contributed by atoms with Gasteiger partial charge in [-0.05, 0) is 36.4 Å². The van der Waals surface area contributed by atoms with E-state index in [1.165, 1.54) is 11.3 Å². The number of thiazole rings is 1. The van der Waals surface area contributed by atoms with Gasteiger partial charge in [-0.3, -0.25) is 10.1 Å². The maximum Gasteiger partial charge on any atom is 0.274 e. The van der Waals surface area contributed by atoms with E-state index in [-0.39, 0.29) is 5.91 Å². The lowest BCUT2D eigenvalue weighted by Crippen LogP contribution is -2.15. The van der Waals surface area contributed by atoms with E-state index in [1.54, 1.807) is 12.1 Å². The quantitative estimate of drug-likeness (QED) is 0.513. The fourth-order valence-corrected chi connectivity index (χ4v) is 4.02. The Bertz CT molecular complexity index is 1100. The summed E-state index contributed by atoms with van der Waals surface area (Å²) in [5, 5.41) is 5.50. The van der Waals surface area contributed by atoms with Crippen molar-refractivity contribution in [3.63, 3.8) is 0 Å². The van der Waals surface area contributed by atoms with Crippen LogP contribution in [0.5, 0.6) is 0 Å². The summed E-state index contributed by atoms with van der Waals surface area (Å²) in [5.74, 6) is -0.227. The van der Waals surface area contributed by atoms with Crippen LogP contribution >= 0.6 is 34.5 Å². The van der Waals surface area contributed by atoms with Gasteiger partial charge in [0.15, 0.2) is 5.13 Å². The summed E-state index contributed by atoms with van der Waals surface area (Å²) in [7, 11) is 1.84. The van der Waals surface area contributed by atoms with Crippen molar-refractivity contribution in [2.24, 2.45) is 7.05 Å². The Hall–Kier alpha value is -2.08. The Labute approximate surface area is 151 Å². The molecule has 0 aliphatic carbocycles. The standard InChI is InChI=1S/C17H11Cl2N3OS/c1-22-13-4-2-3-11(19)10(13)8-14(22)16(23)21-17-20-12-6-5-9(18)7-15(12)24-17/h2-8H,1H3,(H,20,21,23). The van der Waals surface area contributed by atoms with E-state index in [2.05, 4.69) is 10.3 Å². The van der Waals surface area contributed by atoms with Crippen molar-refractivity contribution in [1.82, 2.24) is 9.55 Å². The van der Waals surface area contributed by atoms with Crippen molar-refractivity contribution < 1.29 is 4.79 Å². The number of rotatable bonds is 2. The third-order valence-electron chi connectivity index (χ3n) is 3.84. The summed E-state index contributed by atoms with van der Waals surface area (Å²) < 4.78 is 2.75. The van der Waals surface area contributed by atoms with Crippen molar-refractivity contribution in [3.8, 4) is 0 Å². The van der Waals surface area contributed by atoms with Crippen LogP contribution in [0.25, 0.3) is 21.1 Å². The van der Waals surface area contributed by atoms with E-state index < -0.39 is 0 Å². The molecule has 7 heteroatoms. The second-order valence-corrected chi connectivity index (χ2v) is 7.22. The number of hydrogen-bond acceptors (Lipinski definition) is 3. The van der Waals surface area contributed by atoms with E-state index in [0.29, 0.717) is 20.9 Å². The number of benzene rings is 2. The van der Waals surface area contributed by atoms with Crippen LogP contribution in [0.15, 0.2) is 42.5 Å². The topological polar surface area (TPSA) is 46.9 Å². The average Bonchev–Trinajstić information content (AvgIpc) is 3.09. The molecule has 4 aromatic rings. The summed E-state index contributed by atoms with van der Waals surface area (Å²) in [6.07, 6.45) is 0. The molecule has 0 atom stereocenters. The number of fused-ring (bicyclic) bond motifs is 2. The highest BCUT2D eigenvalue weighted by molar-refractivity contribution is 7.22. The van der Waals surface area contributed by atoms with Crippen LogP contribution in [0, 0.1) is 0 Å². The number of amides is 1. The van der Waals surface area contributed by atoms with Gasteiger partial charge in [0, 0.05) is 28.0 Å². The predicted octanol–water partition coefficient (Wildman–Crippen LogP) is 5.35. The summed E-state index contributed by atoms with van der Waals surface area (Å²) in [6, 6.07) is 12.8. The monoisotopic (exact) mass is 375 g/mol. The van der Waals surface area contributed by atoms with Crippen LogP contribution in [0.1, 0.15) is 10.5 Å². The number of aryl methyl sites for hydroxylation is 1. The van der Waals surface area contributed by atoms with Gasteiger partial charge in [0.05, 0.1) is 10.2 Å². The second-order valence-electron chi connectivity index (χ2n) is 5.35. The highest BCUT2D eigenvalue weighted by Crippen LogP contribution is 2.30. The first-order chi connectivity index (χ1) is 11.5. The average molecular weight is 376 g/mol. The lowest BCUT2D eigenvalue weighted by molar-refractivity contribution is 0.102. The van der Waals surface area contributed by atoms with Crippen LogP contribution in [0.2, 0.25) is 10.0 Å². The van der Waals surface area contributed by atoms with Crippen molar-refractivity contribution in [2.45, 2.75) is 0 Å². The molecule has 2 aromatic heterocycles. The van der Waals surface area contributed by atoms with E-state index >= 15 is 0 Å². The Balaban J connectivity index is 1.70. The molecule has 0 fully saturated rings. The number of nitrogens with zero attached hydrogens (tertiary/aromatic N) is 2. The molecule has 1 amide bonds. The van der Waals surface area contributed by atoms with Gasteiger partial charge in [0.25, 0.3) is 5.91 Å². The predicted molar refractivity (Wildman–Crippen MR) is 101 cm³/mol. The third kappa shape index (κ3) is 2.55. The molecule has 0 aliphatic rings. The molecule has 0 saturated carbocycles. The Kier molecular flexibility index (Phi) is 3.72. The van der Waals surface area contributed by atoms with Gasteiger partial charge in [-0.2, -0.15) is 0 Å². The molecule has 0 bridgehead atoms. The number of halogens is 2. The normalized spacial score (nSPS) is 11.3. The Morgan fingerprint density at radius 1 is 1.21 bits per heavy atom. The molecule has 0 unspecified atom stereocenters. The lowest BCUT2D eigenvalue weighted by atomic mass is 10.2. The molecule has 0 radical (unpaired) electrons. The van der Waals surface area contributed by atoms with Crippen molar-refractivity contribution in [2.75, 3.05) is 5.32 Å². The van der Waals surface area contributed by atoms with Gasteiger partial charge in [-0.25, -0.2) is 4.98 Å². The number of nitrogens with one attached hydrogen (secondary N) is 1. The van der Waals surface area contributed by atoms with Crippen molar-refractivity contribution in [1.29, 1.82) is 0 Å². The molecule has 4 nitrogen and oxygen atoms in total. The van der Waals surface area contributed by atoms with Crippen LogP contribution in [0.4, 0.5) is 5.13 Å². The highest BCUT2D eigenvalue weighted by Gasteiger charge is 2.16. The molecule has 1 N–H and O–H groups in total. The first-order valence-electron chi connectivity index (χ1n) is 7.14. The van der Waals surface area contributed by atoms with Crippen LogP contribution in [-0.4, -0.2) is 15.5 Å². The molecular weight excluding hydrogens is 365 g/mol. The zero-order chi connectivity index (χ0) is 16.8. The summed E-state index contributed by atoms with van der Waals surface area (Å²) in [5.41, 5.74) is 2.24. The lowest BCUT2D eigenvalue weighted by Gasteiger charge is -2.03. The summed E-state index contributed by atoms with van der Waals surface area (Å²) >= 11 is 13.6. The van der Waals surface area contributed by atoms with E-state index in [9.17, 15) is 4.79 Å². The first kappa shape index (κ1) is 15.4. The van der Waals surface area contributed by atoms with Gasteiger partial charge < -0.3 is 4.57 Å². The van der Waals surface area contributed by atoms with Gasteiger partial charge in [-0.1, -0.05) is 40.6 Å². The van der Waals surface area contributed by atoms with Gasteiger partial charge in [0.1, 0.15) is 5.69 Å². The molecule has 24 heavy (non-hydrogen) atoms.